The average Bonchev–Trinajstić information content (AvgIpc) is 3.19. The molecule has 22 heavy (non-hydrogen) atoms. The number of rotatable bonds is 4. The van der Waals surface area contributed by atoms with Crippen LogP contribution in [0.15, 0.2) is 18.2 Å². The first-order valence-corrected chi connectivity index (χ1v) is 8.08. The molecule has 1 aromatic carbocycles. The summed E-state index contributed by atoms with van der Waals surface area (Å²) < 4.78 is 76.6. The predicted molar refractivity (Wildman–Crippen MR) is 69.4 cm³/mol. The normalized spacial score (nSPS) is 26.0. The standard InChI is InChI=1S/C13H13F3O5S/c14-13(15,16)5-10-4-8-2-1-3-11(20-7-9-6-19-9)12(8)21-22(10,17)18/h1-3,9-10H,4-7H2. The van der Waals surface area contributed by atoms with Gasteiger partial charge >= 0.3 is 16.3 Å². The zero-order valence-electron chi connectivity index (χ0n) is 11.3. The lowest BCUT2D eigenvalue weighted by molar-refractivity contribution is -0.134. The van der Waals surface area contributed by atoms with E-state index >= 15 is 0 Å². The van der Waals surface area contributed by atoms with E-state index in [2.05, 4.69) is 0 Å². The summed E-state index contributed by atoms with van der Waals surface area (Å²) in [6.45, 7) is 0.813. The van der Waals surface area contributed by atoms with Gasteiger partial charge in [0.15, 0.2) is 11.5 Å². The van der Waals surface area contributed by atoms with Gasteiger partial charge in [0.2, 0.25) is 0 Å². The highest BCUT2D eigenvalue weighted by Crippen LogP contribution is 2.40. The molecule has 0 N–H and O–H groups in total. The lowest BCUT2D eigenvalue weighted by atomic mass is 10.1. The van der Waals surface area contributed by atoms with Crippen LogP contribution in [0.1, 0.15) is 12.0 Å². The van der Waals surface area contributed by atoms with Gasteiger partial charge in [0.05, 0.1) is 13.0 Å². The van der Waals surface area contributed by atoms with Crippen LogP contribution in [0.3, 0.4) is 0 Å². The zero-order valence-corrected chi connectivity index (χ0v) is 12.1. The van der Waals surface area contributed by atoms with Crippen molar-refractivity contribution in [1.82, 2.24) is 0 Å². The van der Waals surface area contributed by atoms with Crippen LogP contribution in [0.25, 0.3) is 0 Å². The van der Waals surface area contributed by atoms with E-state index in [-0.39, 0.29) is 30.6 Å². The maximum atomic E-state index is 12.5. The van der Waals surface area contributed by atoms with E-state index in [1.807, 2.05) is 0 Å². The molecule has 3 rings (SSSR count). The lowest BCUT2D eigenvalue weighted by Crippen LogP contribution is -2.36. The summed E-state index contributed by atoms with van der Waals surface area (Å²) in [6.07, 6.45) is -6.30. The highest BCUT2D eigenvalue weighted by atomic mass is 32.2. The van der Waals surface area contributed by atoms with E-state index in [0.717, 1.165) is 0 Å². The van der Waals surface area contributed by atoms with Gasteiger partial charge in [-0.15, -0.1) is 0 Å². The van der Waals surface area contributed by atoms with Crippen molar-refractivity contribution in [3.05, 3.63) is 23.8 Å². The minimum Gasteiger partial charge on any atom is -0.487 e. The summed E-state index contributed by atoms with van der Waals surface area (Å²) in [6, 6.07) is 4.64. The van der Waals surface area contributed by atoms with Gasteiger partial charge in [0, 0.05) is 5.56 Å². The summed E-state index contributed by atoms with van der Waals surface area (Å²) in [7, 11) is -4.35. The van der Waals surface area contributed by atoms with Gasteiger partial charge in [-0.1, -0.05) is 12.1 Å². The Hall–Kier alpha value is -1.48. The average molecular weight is 338 g/mol. The smallest absolute Gasteiger partial charge is 0.390 e. The van der Waals surface area contributed by atoms with E-state index in [9.17, 15) is 21.6 Å². The first-order valence-electron chi connectivity index (χ1n) is 6.61. The molecule has 9 heteroatoms. The molecule has 1 aromatic rings. The summed E-state index contributed by atoms with van der Waals surface area (Å²) in [4.78, 5) is 0. The molecule has 0 bridgehead atoms. The molecule has 0 aromatic heterocycles. The van der Waals surface area contributed by atoms with Gasteiger partial charge in [0.25, 0.3) is 0 Å². The molecular weight excluding hydrogens is 325 g/mol. The number of ether oxygens (including phenoxy) is 2. The van der Waals surface area contributed by atoms with Gasteiger partial charge in [-0.2, -0.15) is 21.6 Å². The van der Waals surface area contributed by atoms with Crippen molar-refractivity contribution in [2.24, 2.45) is 0 Å². The third-order valence-electron chi connectivity index (χ3n) is 3.40. The highest BCUT2D eigenvalue weighted by molar-refractivity contribution is 7.87. The topological polar surface area (TPSA) is 65.1 Å². The van der Waals surface area contributed by atoms with E-state index in [1.165, 1.54) is 12.1 Å². The Balaban J connectivity index is 1.85. The van der Waals surface area contributed by atoms with Crippen molar-refractivity contribution in [2.75, 3.05) is 13.2 Å². The van der Waals surface area contributed by atoms with Crippen LogP contribution in [0.2, 0.25) is 0 Å². The molecule has 2 heterocycles. The summed E-state index contributed by atoms with van der Waals surface area (Å²) >= 11 is 0. The van der Waals surface area contributed by atoms with Crippen molar-refractivity contribution < 1.29 is 35.2 Å². The molecule has 5 nitrogen and oxygen atoms in total. The summed E-state index contributed by atoms with van der Waals surface area (Å²) in [5.74, 6) is 0.170. The van der Waals surface area contributed by atoms with Gasteiger partial charge < -0.3 is 13.7 Å². The fourth-order valence-corrected chi connectivity index (χ4v) is 3.58. The Morgan fingerprint density at radius 2 is 2.05 bits per heavy atom. The molecule has 0 aliphatic carbocycles. The summed E-state index contributed by atoms with van der Waals surface area (Å²) in [5, 5.41) is -1.64. The van der Waals surface area contributed by atoms with Crippen LogP contribution in [0.4, 0.5) is 13.2 Å². The minimum absolute atomic E-state index is 0.0263. The second kappa shape index (κ2) is 5.31. The fraction of sp³-hybridized carbons (Fsp3) is 0.538. The number of alkyl halides is 3. The zero-order chi connectivity index (χ0) is 16.0. The number of fused-ring (bicyclic) bond motifs is 1. The quantitative estimate of drug-likeness (QED) is 0.621. The monoisotopic (exact) mass is 338 g/mol. The fourth-order valence-electron chi connectivity index (χ4n) is 2.24. The third-order valence-corrected chi connectivity index (χ3v) is 4.95. The number of benzene rings is 1. The van der Waals surface area contributed by atoms with Gasteiger partial charge in [-0.25, -0.2) is 0 Å². The van der Waals surface area contributed by atoms with Crippen molar-refractivity contribution in [1.29, 1.82) is 0 Å². The summed E-state index contributed by atoms with van der Waals surface area (Å²) in [5.41, 5.74) is 0.387. The SMILES string of the molecule is O=S1(=O)Oc2c(cccc2OCC2CO2)CC1CC(F)(F)F. The molecule has 2 atom stereocenters. The number of hydrogen-bond acceptors (Lipinski definition) is 5. The first-order chi connectivity index (χ1) is 10.2. The molecule has 2 unspecified atom stereocenters. The maximum absolute atomic E-state index is 12.5. The van der Waals surface area contributed by atoms with Crippen molar-refractivity contribution in [3.8, 4) is 11.5 Å². The second-order valence-corrected chi connectivity index (χ2v) is 7.05. The van der Waals surface area contributed by atoms with Crippen molar-refractivity contribution in [3.63, 3.8) is 0 Å². The highest BCUT2D eigenvalue weighted by Gasteiger charge is 2.43. The Bertz CT molecular complexity index is 667. The molecule has 1 fully saturated rings. The Labute approximate surface area is 125 Å². The van der Waals surface area contributed by atoms with Crippen LogP contribution in [-0.2, 0) is 21.3 Å². The van der Waals surface area contributed by atoms with Crippen molar-refractivity contribution >= 4 is 10.1 Å². The number of halogens is 3. The van der Waals surface area contributed by atoms with Gasteiger partial charge in [0.1, 0.15) is 18.0 Å². The second-order valence-electron chi connectivity index (χ2n) is 5.23. The van der Waals surface area contributed by atoms with E-state index in [4.69, 9.17) is 13.7 Å². The van der Waals surface area contributed by atoms with E-state index < -0.39 is 28.0 Å². The maximum Gasteiger partial charge on any atom is 0.390 e. The number of epoxide rings is 1. The minimum atomic E-state index is -4.57. The van der Waals surface area contributed by atoms with Crippen LogP contribution in [-0.4, -0.2) is 39.2 Å². The van der Waals surface area contributed by atoms with Crippen LogP contribution < -0.4 is 8.92 Å². The Kier molecular flexibility index (Phi) is 3.72. The van der Waals surface area contributed by atoms with Gasteiger partial charge in [-0.05, 0) is 12.5 Å². The van der Waals surface area contributed by atoms with Crippen LogP contribution >= 0.6 is 0 Å². The molecule has 0 amide bonds. The number of para-hydroxylation sites is 1. The largest absolute Gasteiger partial charge is 0.487 e. The molecule has 0 saturated carbocycles. The molecule has 0 spiro atoms. The Morgan fingerprint density at radius 1 is 1.32 bits per heavy atom. The van der Waals surface area contributed by atoms with Crippen molar-refractivity contribution in [2.45, 2.75) is 30.4 Å². The third kappa shape index (κ3) is 3.46. The molecular formula is C13H13F3O5S. The lowest BCUT2D eigenvalue weighted by Gasteiger charge is -2.26. The number of hydrogen-bond donors (Lipinski definition) is 0. The molecule has 122 valence electrons. The van der Waals surface area contributed by atoms with Gasteiger partial charge in [-0.3, -0.25) is 0 Å². The molecule has 2 aliphatic rings. The predicted octanol–water partition coefficient (Wildman–Crippen LogP) is 2.05. The Morgan fingerprint density at radius 3 is 2.68 bits per heavy atom. The van der Waals surface area contributed by atoms with E-state index in [1.54, 1.807) is 6.07 Å². The molecule has 2 aliphatic heterocycles. The molecule has 0 radical (unpaired) electrons. The van der Waals surface area contributed by atoms with Crippen LogP contribution in [0.5, 0.6) is 11.5 Å². The first kappa shape index (κ1) is 15.4. The van der Waals surface area contributed by atoms with Crippen LogP contribution in [0, 0.1) is 0 Å². The van der Waals surface area contributed by atoms with E-state index in [0.29, 0.717) is 12.2 Å². The molecule has 1 saturated heterocycles.